The molecule has 1 aromatic rings. The zero-order chi connectivity index (χ0) is 17.1. The Labute approximate surface area is 141 Å². The molecule has 2 saturated heterocycles. The normalized spacial score (nSPS) is 25.8. The van der Waals surface area contributed by atoms with Crippen LogP contribution in [0.3, 0.4) is 0 Å². The van der Waals surface area contributed by atoms with E-state index in [-0.39, 0.29) is 17.7 Å². The number of methoxy groups -OCH3 is 1. The first-order valence-corrected chi connectivity index (χ1v) is 8.21. The molecule has 1 aromatic carbocycles. The van der Waals surface area contributed by atoms with Crippen LogP contribution in [-0.4, -0.2) is 84.6 Å². The van der Waals surface area contributed by atoms with E-state index in [1.807, 2.05) is 6.07 Å². The van der Waals surface area contributed by atoms with Crippen LogP contribution in [0.2, 0.25) is 0 Å². The SMILES string of the molecule is COc1ccc(CN2C[C@H](O)[C@@H](N3CCOCC3)C2)cc1C(=O)O. The minimum atomic E-state index is -0.999. The molecule has 7 heteroatoms. The van der Waals surface area contributed by atoms with E-state index in [2.05, 4.69) is 9.80 Å². The Morgan fingerprint density at radius 2 is 2.08 bits per heavy atom. The van der Waals surface area contributed by atoms with E-state index in [0.29, 0.717) is 32.1 Å². The lowest BCUT2D eigenvalue weighted by atomic mass is 10.1. The molecule has 0 amide bonds. The Morgan fingerprint density at radius 3 is 2.75 bits per heavy atom. The van der Waals surface area contributed by atoms with Crippen molar-refractivity contribution in [1.82, 2.24) is 9.80 Å². The average molecular weight is 336 g/mol. The number of hydrogen-bond donors (Lipinski definition) is 2. The van der Waals surface area contributed by atoms with Crippen molar-refractivity contribution >= 4 is 5.97 Å². The molecule has 2 aliphatic rings. The predicted octanol–water partition coefficient (Wildman–Crippen LogP) is 0.271. The van der Waals surface area contributed by atoms with E-state index in [0.717, 1.165) is 25.2 Å². The van der Waals surface area contributed by atoms with E-state index < -0.39 is 5.97 Å². The third-order valence-corrected chi connectivity index (χ3v) is 4.75. The molecule has 0 radical (unpaired) electrons. The molecule has 0 bridgehead atoms. The van der Waals surface area contributed by atoms with E-state index >= 15 is 0 Å². The number of carbonyl (C=O) groups is 1. The topological polar surface area (TPSA) is 82.5 Å². The van der Waals surface area contributed by atoms with Crippen molar-refractivity contribution in [3.8, 4) is 5.75 Å². The minimum Gasteiger partial charge on any atom is -0.496 e. The number of aliphatic hydroxyl groups excluding tert-OH is 1. The summed E-state index contributed by atoms with van der Waals surface area (Å²) < 4.78 is 10.5. The van der Waals surface area contributed by atoms with Crippen LogP contribution in [0.5, 0.6) is 5.75 Å². The van der Waals surface area contributed by atoms with Gasteiger partial charge in [-0.25, -0.2) is 4.79 Å². The second-order valence-corrected chi connectivity index (χ2v) is 6.32. The van der Waals surface area contributed by atoms with Crippen molar-refractivity contribution in [3.63, 3.8) is 0 Å². The van der Waals surface area contributed by atoms with Gasteiger partial charge in [-0.15, -0.1) is 0 Å². The van der Waals surface area contributed by atoms with Crippen molar-refractivity contribution in [3.05, 3.63) is 29.3 Å². The monoisotopic (exact) mass is 336 g/mol. The van der Waals surface area contributed by atoms with Gasteiger partial charge in [0.05, 0.1) is 26.4 Å². The fraction of sp³-hybridized carbons (Fsp3) is 0.588. The first-order chi connectivity index (χ1) is 11.6. The molecule has 24 heavy (non-hydrogen) atoms. The van der Waals surface area contributed by atoms with Crippen molar-refractivity contribution in [2.45, 2.75) is 18.7 Å². The number of morpholine rings is 1. The Balaban J connectivity index is 1.66. The highest BCUT2D eigenvalue weighted by Gasteiger charge is 2.36. The van der Waals surface area contributed by atoms with Crippen LogP contribution < -0.4 is 4.74 Å². The van der Waals surface area contributed by atoms with Gasteiger partial charge in [0.2, 0.25) is 0 Å². The third-order valence-electron chi connectivity index (χ3n) is 4.75. The standard InChI is InChI=1S/C17H24N2O5/c1-23-16-3-2-12(8-13(16)17(21)22)9-18-10-14(15(20)11-18)19-4-6-24-7-5-19/h2-3,8,14-15,20H,4-7,9-11H2,1H3,(H,21,22)/t14-,15-/m0/s1. The van der Waals surface area contributed by atoms with Gasteiger partial charge in [-0.2, -0.15) is 0 Å². The Bertz CT molecular complexity index is 588. The molecule has 2 heterocycles. The molecule has 0 saturated carbocycles. The minimum absolute atomic E-state index is 0.117. The smallest absolute Gasteiger partial charge is 0.339 e. The maximum Gasteiger partial charge on any atom is 0.339 e. The zero-order valence-corrected chi connectivity index (χ0v) is 13.9. The van der Waals surface area contributed by atoms with Gasteiger partial charge >= 0.3 is 5.97 Å². The van der Waals surface area contributed by atoms with Gasteiger partial charge in [0, 0.05) is 38.8 Å². The van der Waals surface area contributed by atoms with E-state index in [1.54, 1.807) is 12.1 Å². The fourth-order valence-electron chi connectivity index (χ4n) is 3.52. The van der Waals surface area contributed by atoms with Gasteiger partial charge in [-0.1, -0.05) is 6.07 Å². The number of carboxylic acids is 1. The largest absolute Gasteiger partial charge is 0.496 e. The number of nitrogens with zero attached hydrogens (tertiary/aromatic N) is 2. The molecule has 2 N–H and O–H groups in total. The molecule has 0 aliphatic carbocycles. The summed E-state index contributed by atoms with van der Waals surface area (Å²) >= 11 is 0. The molecule has 0 aromatic heterocycles. The Kier molecular flexibility index (Phi) is 5.35. The number of β-amino-alcohol motifs (C(OH)–C–C–N with tert-alkyl or cyclic N) is 1. The number of benzene rings is 1. The van der Waals surface area contributed by atoms with E-state index in [9.17, 15) is 15.0 Å². The summed E-state index contributed by atoms with van der Waals surface area (Å²) in [5, 5.41) is 19.7. The molecule has 2 fully saturated rings. The van der Waals surface area contributed by atoms with Gasteiger partial charge in [0.15, 0.2) is 0 Å². The average Bonchev–Trinajstić information content (AvgIpc) is 2.96. The van der Waals surface area contributed by atoms with Crippen molar-refractivity contribution in [2.24, 2.45) is 0 Å². The first-order valence-electron chi connectivity index (χ1n) is 8.21. The second-order valence-electron chi connectivity index (χ2n) is 6.32. The Morgan fingerprint density at radius 1 is 1.33 bits per heavy atom. The number of hydrogen-bond acceptors (Lipinski definition) is 6. The number of carboxylic acid groups (broad SMARTS) is 1. The number of ether oxygens (including phenoxy) is 2. The molecule has 132 valence electrons. The maximum atomic E-state index is 11.3. The van der Waals surface area contributed by atoms with Gasteiger partial charge < -0.3 is 19.7 Å². The number of aliphatic hydroxyl groups is 1. The highest BCUT2D eigenvalue weighted by atomic mass is 16.5. The molecular formula is C17H24N2O5. The molecule has 3 rings (SSSR count). The summed E-state index contributed by atoms with van der Waals surface area (Å²) in [6.45, 7) is 5.10. The molecule has 0 spiro atoms. The van der Waals surface area contributed by atoms with Crippen LogP contribution in [0.15, 0.2) is 18.2 Å². The fourth-order valence-corrected chi connectivity index (χ4v) is 3.52. The van der Waals surface area contributed by atoms with Crippen LogP contribution in [0.4, 0.5) is 0 Å². The maximum absolute atomic E-state index is 11.3. The van der Waals surface area contributed by atoms with E-state index in [4.69, 9.17) is 9.47 Å². The van der Waals surface area contributed by atoms with Crippen LogP contribution >= 0.6 is 0 Å². The lowest BCUT2D eigenvalue weighted by molar-refractivity contribution is -0.00618. The van der Waals surface area contributed by atoms with Gasteiger partial charge in [-0.05, 0) is 17.7 Å². The van der Waals surface area contributed by atoms with Crippen LogP contribution in [-0.2, 0) is 11.3 Å². The number of aromatic carboxylic acids is 1. The summed E-state index contributed by atoms with van der Waals surface area (Å²) in [6, 6.07) is 5.33. The van der Waals surface area contributed by atoms with Crippen LogP contribution in [0.1, 0.15) is 15.9 Å². The van der Waals surface area contributed by atoms with Crippen LogP contribution in [0, 0.1) is 0 Å². The Hall–Kier alpha value is -1.67. The molecule has 2 atom stereocenters. The molecule has 2 aliphatic heterocycles. The van der Waals surface area contributed by atoms with Gasteiger partial charge in [0.1, 0.15) is 11.3 Å². The van der Waals surface area contributed by atoms with Crippen molar-refractivity contribution in [2.75, 3.05) is 46.5 Å². The summed E-state index contributed by atoms with van der Waals surface area (Å²) in [6.07, 6.45) is -0.389. The van der Waals surface area contributed by atoms with Crippen LogP contribution in [0.25, 0.3) is 0 Å². The lowest BCUT2D eigenvalue weighted by Crippen LogP contribution is -2.48. The summed E-state index contributed by atoms with van der Waals surface area (Å²) in [7, 11) is 1.46. The third kappa shape index (κ3) is 3.70. The molecular weight excluding hydrogens is 312 g/mol. The zero-order valence-electron chi connectivity index (χ0n) is 13.9. The second kappa shape index (κ2) is 7.48. The quantitative estimate of drug-likeness (QED) is 0.799. The number of rotatable bonds is 5. The predicted molar refractivity (Wildman–Crippen MR) is 87.4 cm³/mol. The van der Waals surface area contributed by atoms with Gasteiger partial charge in [-0.3, -0.25) is 9.80 Å². The summed E-state index contributed by atoms with van der Waals surface area (Å²) in [5.74, 6) is -0.639. The summed E-state index contributed by atoms with van der Waals surface area (Å²) in [4.78, 5) is 15.8. The number of likely N-dealkylation sites (tertiary alicyclic amines) is 1. The lowest BCUT2D eigenvalue weighted by Gasteiger charge is -2.33. The van der Waals surface area contributed by atoms with Crippen molar-refractivity contribution < 1.29 is 24.5 Å². The summed E-state index contributed by atoms with van der Waals surface area (Å²) in [5.41, 5.74) is 1.07. The molecule has 0 unspecified atom stereocenters. The first kappa shape index (κ1) is 17.2. The van der Waals surface area contributed by atoms with E-state index in [1.165, 1.54) is 7.11 Å². The van der Waals surface area contributed by atoms with Crippen molar-refractivity contribution in [1.29, 1.82) is 0 Å². The highest BCUT2D eigenvalue weighted by molar-refractivity contribution is 5.91. The molecule has 7 nitrogen and oxygen atoms in total. The van der Waals surface area contributed by atoms with Gasteiger partial charge in [0.25, 0.3) is 0 Å². The highest BCUT2D eigenvalue weighted by Crippen LogP contribution is 2.23.